The van der Waals surface area contributed by atoms with Crippen LogP contribution in [0.5, 0.6) is 5.75 Å². The lowest BCUT2D eigenvalue weighted by molar-refractivity contribution is -0.267. The standard InChI is InChI=1S/C20H16ClN5O3S/c1-9-5-13(17(27)14(21)6-9)15-8-12(10-3-2-4-11(7-10)26(28)29)16-18(22)24-20(30)25-19(16)23-15/h2-8,27-29H,1H3,(H3,22,23,24,25,30)/p-1. The van der Waals surface area contributed by atoms with Crippen molar-refractivity contribution in [3.63, 3.8) is 0 Å². The number of nitrogens with two attached hydrogens (primary N) is 1. The molecule has 0 saturated carbocycles. The number of nitrogen functional groups attached to an aromatic ring is 1. The molecule has 30 heavy (non-hydrogen) atoms. The Morgan fingerprint density at radius 3 is 2.63 bits per heavy atom. The first-order valence-electron chi connectivity index (χ1n) is 8.71. The van der Waals surface area contributed by atoms with E-state index in [1.165, 1.54) is 6.07 Å². The molecular formula is C20H15ClN5O3S-. The van der Waals surface area contributed by atoms with Gasteiger partial charge in [-0.1, -0.05) is 35.5 Å². The number of aromatic nitrogens is 3. The Kier molecular flexibility index (Phi) is 5.04. The van der Waals surface area contributed by atoms with Crippen molar-refractivity contribution in [1.29, 1.82) is 0 Å². The van der Waals surface area contributed by atoms with Crippen molar-refractivity contribution < 1.29 is 15.5 Å². The zero-order chi connectivity index (χ0) is 21.6. The Bertz CT molecular complexity index is 1360. The second-order valence-electron chi connectivity index (χ2n) is 6.67. The normalized spacial score (nSPS) is 11.1. The Labute approximate surface area is 180 Å². The number of H-pyrrole nitrogens is 1. The Morgan fingerprint density at radius 1 is 1.13 bits per heavy atom. The Balaban J connectivity index is 2.09. The number of aryl methyl sites for hydroxylation is 1. The molecule has 4 rings (SSSR count). The molecule has 0 spiro atoms. The number of hydrogen-bond donors (Lipinski definition) is 4. The van der Waals surface area contributed by atoms with Crippen LogP contribution in [0.25, 0.3) is 33.4 Å². The van der Waals surface area contributed by atoms with Crippen LogP contribution in [0, 0.1) is 11.7 Å². The number of fused-ring (bicyclic) bond motifs is 1. The molecule has 2 heterocycles. The number of nitrogens with zero attached hydrogens (tertiary/aromatic N) is 3. The van der Waals surface area contributed by atoms with Crippen LogP contribution in [-0.2, 0) is 0 Å². The van der Waals surface area contributed by atoms with Gasteiger partial charge in [-0.2, -0.15) is 4.98 Å². The molecule has 0 aliphatic heterocycles. The van der Waals surface area contributed by atoms with Gasteiger partial charge in [0.15, 0.2) is 10.4 Å². The van der Waals surface area contributed by atoms with Gasteiger partial charge in [0.25, 0.3) is 0 Å². The average Bonchev–Trinajstić information content (AvgIpc) is 2.69. The maximum absolute atomic E-state index is 12.7. The number of hydrogen-bond acceptors (Lipinski definition) is 8. The molecule has 152 valence electrons. The molecule has 8 nitrogen and oxygen atoms in total. The van der Waals surface area contributed by atoms with E-state index in [4.69, 9.17) is 29.6 Å². The lowest BCUT2D eigenvalue weighted by Gasteiger charge is -2.18. The highest BCUT2D eigenvalue weighted by molar-refractivity contribution is 7.71. The third-order valence-electron chi connectivity index (χ3n) is 4.57. The average molecular weight is 441 g/mol. The first kappa shape index (κ1) is 20.0. The largest absolute Gasteiger partial charge is 0.871 e. The van der Waals surface area contributed by atoms with Crippen molar-refractivity contribution in [1.82, 2.24) is 15.0 Å². The highest BCUT2D eigenvalue weighted by Crippen LogP contribution is 2.38. The highest BCUT2D eigenvalue weighted by Gasteiger charge is 2.16. The van der Waals surface area contributed by atoms with E-state index in [2.05, 4.69) is 15.0 Å². The predicted molar refractivity (Wildman–Crippen MR) is 115 cm³/mol. The van der Waals surface area contributed by atoms with E-state index in [0.29, 0.717) is 27.8 Å². The van der Waals surface area contributed by atoms with E-state index in [1.54, 1.807) is 36.4 Å². The summed E-state index contributed by atoms with van der Waals surface area (Å²) < 4.78 is 0.144. The summed E-state index contributed by atoms with van der Waals surface area (Å²) in [6, 6.07) is 11.4. The van der Waals surface area contributed by atoms with Crippen LogP contribution in [0.4, 0.5) is 11.5 Å². The summed E-state index contributed by atoms with van der Waals surface area (Å²) in [6.07, 6.45) is 0. The van der Waals surface area contributed by atoms with Crippen LogP contribution < -0.4 is 16.1 Å². The van der Waals surface area contributed by atoms with E-state index < -0.39 is 0 Å². The highest BCUT2D eigenvalue weighted by atomic mass is 35.5. The molecule has 0 fully saturated rings. The van der Waals surface area contributed by atoms with Gasteiger partial charge >= 0.3 is 0 Å². The van der Waals surface area contributed by atoms with Crippen LogP contribution in [-0.4, -0.2) is 25.4 Å². The summed E-state index contributed by atoms with van der Waals surface area (Å²) in [5.41, 5.74) is 9.17. The number of aromatic amines is 1. The van der Waals surface area contributed by atoms with Gasteiger partial charge in [-0.15, -0.1) is 5.23 Å². The first-order valence-corrected chi connectivity index (χ1v) is 9.49. The molecule has 0 aliphatic rings. The molecular weight excluding hydrogens is 426 g/mol. The maximum atomic E-state index is 12.7. The van der Waals surface area contributed by atoms with Crippen LogP contribution in [0.3, 0.4) is 0 Å². The summed E-state index contributed by atoms with van der Waals surface area (Å²) in [7, 11) is 0. The second kappa shape index (κ2) is 7.54. The first-order chi connectivity index (χ1) is 14.2. The summed E-state index contributed by atoms with van der Waals surface area (Å²) >= 11 is 11.2. The van der Waals surface area contributed by atoms with Crippen LogP contribution in [0.1, 0.15) is 5.56 Å². The lowest BCUT2D eigenvalue weighted by Crippen LogP contribution is -2.10. The van der Waals surface area contributed by atoms with Gasteiger partial charge < -0.3 is 15.8 Å². The number of anilines is 2. The minimum absolute atomic E-state index is 0.0128. The number of rotatable bonds is 3. The monoisotopic (exact) mass is 440 g/mol. The zero-order valence-electron chi connectivity index (χ0n) is 15.5. The van der Waals surface area contributed by atoms with Crippen LogP contribution in [0.15, 0.2) is 42.5 Å². The molecule has 0 bridgehead atoms. The van der Waals surface area contributed by atoms with Gasteiger partial charge in [0.2, 0.25) is 0 Å². The molecule has 10 heteroatoms. The number of pyridine rings is 1. The second-order valence-corrected chi connectivity index (χ2v) is 7.47. The van der Waals surface area contributed by atoms with E-state index >= 15 is 0 Å². The third kappa shape index (κ3) is 3.55. The fourth-order valence-corrected chi connectivity index (χ4v) is 3.73. The van der Waals surface area contributed by atoms with Gasteiger partial charge in [-0.25, -0.2) is 4.98 Å². The maximum Gasteiger partial charge on any atom is 0.200 e. The minimum Gasteiger partial charge on any atom is -0.871 e. The van der Waals surface area contributed by atoms with Crippen molar-refractivity contribution in [2.45, 2.75) is 6.92 Å². The summed E-state index contributed by atoms with van der Waals surface area (Å²) in [6.45, 7) is 1.82. The molecule has 0 aliphatic carbocycles. The van der Waals surface area contributed by atoms with Crippen molar-refractivity contribution >= 4 is 46.4 Å². The van der Waals surface area contributed by atoms with Crippen molar-refractivity contribution in [2.24, 2.45) is 0 Å². The van der Waals surface area contributed by atoms with E-state index in [0.717, 1.165) is 5.56 Å². The molecule has 5 N–H and O–H groups in total. The van der Waals surface area contributed by atoms with E-state index in [9.17, 15) is 15.5 Å². The van der Waals surface area contributed by atoms with Crippen molar-refractivity contribution in [3.05, 3.63) is 57.8 Å². The zero-order valence-corrected chi connectivity index (χ0v) is 17.1. The Morgan fingerprint density at radius 2 is 1.90 bits per heavy atom. The molecule has 0 saturated heterocycles. The quantitative estimate of drug-likeness (QED) is 0.274. The van der Waals surface area contributed by atoms with Crippen molar-refractivity contribution in [3.8, 4) is 28.1 Å². The SMILES string of the molecule is Cc1cc(Cl)c([O-])c(-c2cc(-c3cccc(N(O)O)c3)c3c(N)[nH]c(=S)nc3n2)c1. The molecule has 4 aromatic rings. The molecule has 0 radical (unpaired) electrons. The molecule has 0 amide bonds. The molecule has 0 atom stereocenters. The van der Waals surface area contributed by atoms with Crippen LogP contribution in [0.2, 0.25) is 5.02 Å². The van der Waals surface area contributed by atoms with Gasteiger partial charge in [0, 0.05) is 5.02 Å². The Hall–Kier alpha value is -3.24. The summed E-state index contributed by atoms with van der Waals surface area (Å²) in [4.78, 5) is 11.6. The number of nitrogens with one attached hydrogen (secondary N) is 1. The van der Waals surface area contributed by atoms with Gasteiger partial charge in [0.1, 0.15) is 5.82 Å². The number of halogens is 1. The third-order valence-corrected chi connectivity index (χ3v) is 5.04. The van der Waals surface area contributed by atoms with E-state index in [-0.39, 0.29) is 37.9 Å². The predicted octanol–water partition coefficient (Wildman–Crippen LogP) is 4.22. The fourth-order valence-electron chi connectivity index (χ4n) is 3.26. The fraction of sp³-hybridized carbons (Fsp3) is 0.0500. The van der Waals surface area contributed by atoms with Crippen LogP contribution >= 0.6 is 23.8 Å². The molecule has 2 aromatic heterocycles. The minimum atomic E-state index is -0.361. The lowest BCUT2D eigenvalue weighted by atomic mass is 9.98. The molecule has 0 unspecified atom stereocenters. The van der Waals surface area contributed by atoms with E-state index in [1.807, 2.05) is 6.92 Å². The number of benzene rings is 2. The summed E-state index contributed by atoms with van der Waals surface area (Å²) in [5, 5.41) is 32.0. The van der Waals surface area contributed by atoms with Crippen molar-refractivity contribution in [2.75, 3.05) is 11.0 Å². The van der Waals surface area contributed by atoms with Gasteiger partial charge in [0.05, 0.1) is 16.8 Å². The smallest absolute Gasteiger partial charge is 0.200 e. The summed E-state index contributed by atoms with van der Waals surface area (Å²) in [5.74, 6) is -0.112. The van der Waals surface area contributed by atoms with Gasteiger partial charge in [-0.05, 0) is 65.7 Å². The topological polar surface area (TPSA) is 134 Å². The van der Waals surface area contributed by atoms with Gasteiger partial charge in [-0.3, -0.25) is 10.4 Å². The molecule has 2 aromatic carbocycles.